The van der Waals surface area contributed by atoms with E-state index in [-0.39, 0.29) is 12.3 Å². The Morgan fingerprint density at radius 3 is 2.30 bits per heavy atom. The zero-order chi connectivity index (χ0) is 17.8. The molecule has 0 aromatic carbocycles. The van der Waals surface area contributed by atoms with Crippen LogP contribution in [0.3, 0.4) is 0 Å². The van der Waals surface area contributed by atoms with E-state index in [9.17, 15) is 13.6 Å². The number of carbonyl (C=O) groups is 1. The summed E-state index contributed by atoms with van der Waals surface area (Å²) in [6.07, 6.45) is 0.493. The van der Waals surface area contributed by atoms with Gasteiger partial charge in [0.2, 0.25) is 0 Å². The van der Waals surface area contributed by atoms with Gasteiger partial charge in [0.25, 0.3) is 0 Å². The zero-order valence-corrected chi connectivity index (χ0v) is 14.4. The van der Waals surface area contributed by atoms with Gasteiger partial charge in [-0.2, -0.15) is 13.9 Å². The number of aromatic nitrogens is 2. The molecule has 1 aromatic rings. The number of alkyl halides is 2. The number of ether oxygens (including phenoxy) is 2. The first-order valence-corrected chi connectivity index (χ1v) is 7.34. The van der Waals surface area contributed by atoms with Crippen LogP contribution in [-0.4, -0.2) is 33.7 Å². The lowest BCUT2D eigenvalue weighted by Crippen LogP contribution is -2.38. The van der Waals surface area contributed by atoms with Crippen molar-refractivity contribution in [3.63, 3.8) is 0 Å². The fraction of sp³-hybridized carbons (Fsp3) is 0.733. The predicted molar refractivity (Wildman–Crippen MR) is 81.3 cm³/mol. The summed E-state index contributed by atoms with van der Waals surface area (Å²) < 4.78 is 36.7. The molecule has 8 heteroatoms. The molecular formula is C15H25F2N3O3. The van der Waals surface area contributed by atoms with E-state index >= 15 is 0 Å². The summed E-state index contributed by atoms with van der Waals surface area (Å²) in [5, 5.41) is 6.38. The van der Waals surface area contributed by atoms with Crippen molar-refractivity contribution in [2.75, 3.05) is 6.61 Å². The highest BCUT2D eigenvalue weighted by atomic mass is 19.3. The van der Waals surface area contributed by atoms with E-state index in [2.05, 4.69) is 10.4 Å². The molecule has 1 amide bonds. The summed E-state index contributed by atoms with van der Waals surface area (Å²) >= 11 is 0. The summed E-state index contributed by atoms with van der Waals surface area (Å²) in [6, 6.07) is 0.726. The fourth-order valence-corrected chi connectivity index (χ4v) is 1.63. The molecule has 132 valence electrons. The predicted octanol–water partition coefficient (Wildman–Crippen LogP) is 3.66. The van der Waals surface area contributed by atoms with Crippen LogP contribution in [0.25, 0.3) is 0 Å². The lowest BCUT2D eigenvalue weighted by molar-refractivity contribution is -0.0184. The normalized spacial score (nSPS) is 14.0. The molecule has 23 heavy (non-hydrogen) atoms. The number of halogens is 2. The molecule has 0 bridgehead atoms. The van der Waals surface area contributed by atoms with Crippen molar-refractivity contribution in [1.29, 1.82) is 0 Å². The summed E-state index contributed by atoms with van der Waals surface area (Å²) in [7, 11) is 0. The third-order valence-electron chi connectivity index (χ3n) is 2.56. The fourth-order valence-electron chi connectivity index (χ4n) is 1.63. The van der Waals surface area contributed by atoms with Gasteiger partial charge in [0.1, 0.15) is 5.60 Å². The minimum atomic E-state index is -2.74. The highest BCUT2D eigenvalue weighted by Gasteiger charge is 2.24. The summed E-state index contributed by atoms with van der Waals surface area (Å²) in [5.41, 5.74) is -0.832. The van der Waals surface area contributed by atoms with Crippen LogP contribution in [0.5, 0.6) is 0 Å². The Hall–Kier alpha value is -1.70. The average molecular weight is 333 g/mol. The number of nitrogens with zero attached hydrogens (tertiary/aromatic N) is 2. The van der Waals surface area contributed by atoms with E-state index in [0.29, 0.717) is 4.68 Å². The monoisotopic (exact) mass is 333 g/mol. The number of rotatable bonds is 5. The molecule has 0 aliphatic heterocycles. The molecule has 0 saturated carbocycles. The molecule has 0 spiro atoms. The molecule has 0 saturated heterocycles. The van der Waals surface area contributed by atoms with Crippen LogP contribution in [0.15, 0.2) is 12.3 Å². The van der Waals surface area contributed by atoms with Crippen LogP contribution >= 0.6 is 0 Å². The molecule has 1 N–H and O–H groups in total. The van der Waals surface area contributed by atoms with Crippen molar-refractivity contribution in [2.24, 2.45) is 0 Å². The maximum absolute atomic E-state index is 12.7. The molecule has 1 rings (SSSR count). The summed E-state index contributed by atoms with van der Waals surface area (Å²) in [4.78, 5) is 11.9. The average Bonchev–Trinajstić information content (AvgIpc) is 2.80. The van der Waals surface area contributed by atoms with Crippen molar-refractivity contribution in [3.8, 4) is 0 Å². The topological polar surface area (TPSA) is 65.4 Å². The summed E-state index contributed by atoms with van der Waals surface area (Å²) in [6.45, 7) is 8.12. The second kappa shape index (κ2) is 7.25. The molecule has 0 radical (unpaired) electrons. The van der Waals surface area contributed by atoms with Gasteiger partial charge >= 0.3 is 12.6 Å². The Kier molecular flexibility index (Phi) is 6.10. The van der Waals surface area contributed by atoms with Gasteiger partial charge in [0, 0.05) is 6.20 Å². The Balaban J connectivity index is 2.85. The Morgan fingerprint density at radius 2 is 1.87 bits per heavy atom. The molecule has 1 heterocycles. The van der Waals surface area contributed by atoms with Gasteiger partial charge in [-0.15, -0.1) is 0 Å². The van der Waals surface area contributed by atoms with Gasteiger partial charge in [0.05, 0.1) is 23.9 Å². The van der Waals surface area contributed by atoms with Crippen molar-refractivity contribution < 1.29 is 23.0 Å². The van der Waals surface area contributed by atoms with E-state index in [4.69, 9.17) is 9.47 Å². The Bertz CT molecular complexity index is 519. The van der Waals surface area contributed by atoms with Crippen LogP contribution in [0.1, 0.15) is 59.8 Å². The van der Waals surface area contributed by atoms with Crippen LogP contribution in [0, 0.1) is 0 Å². The number of carbonyl (C=O) groups excluding carboxylic acids is 1. The molecule has 6 nitrogen and oxygen atoms in total. The smallest absolute Gasteiger partial charge is 0.408 e. The molecule has 0 aliphatic rings. The van der Waals surface area contributed by atoms with Gasteiger partial charge in [-0.3, -0.25) is 0 Å². The number of hydrogen-bond acceptors (Lipinski definition) is 4. The van der Waals surface area contributed by atoms with Gasteiger partial charge in [-0.05, 0) is 47.6 Å². The second-order valence-electron chi connectivity index (χ2n) is 7.12. The highest BCUT2D eigenvalue weighted by molar-refractivity contribution is 5.68. The molecule has 1 aromatic heterocycles. The maximum Gasteiger partial charge on any atom is 0.408 e. The molecule has 0 aliphatic carbocycles. The minimum Gasteiger partial charge on any atom is -0.444 e. The third-order valence-corrected chi connectivity index (χ3v) is 2.56. The molecule has 0 unspecified atom stereocenters. The van der Waals surface area contributed by atoms with Crippen molar-refractivity contribution in [3.05, 3.63) is 18.0 Å². The lowest BCUT2D eigenvalue weighted by Gasteiger charge is -2.26. The van der Waals surface area contributed by atoms with Crippen molar-refractivity contribution in [1.82, 2.24) is 15.1 Å². The van der Waals surface area contributed by atoms with E-state index < -0.39 is 29.9 Å². The SMILES string of the molecule is CC(C)(C)OC[C@H](NC(=O)OC(C)(C)C)c1ccn(C(F)F)n1. The third kappa shape index (κ3) is 7.40. The first-order valence-electron chi connectivity index (χ1n) is 7.34. The van der Waals surface area contributed by atoms with Crippen LogP contribution in [-0.2, 0) is 9.47 Å². The number of hydrogen-bond donors (Lipinski definition) is 1. The zero-order valence-electron chi connectivity index (χ0n) is 14.4. The van der Waals surface area contributed by atoms with Crippen LogP contribution in [0.4, 0.5) is 13.6 Å². The van der Waals surface area contributed by atoms with Gasteiger partial charge < -0.3 is 14.8 Å². The van der Waals surface area contributed by atoms with E-state index in [1.54, 1.807) is 20.8 Å². The Morgan fingerprint density at radius 1 is 1.26 bits per heavy atom. The van der Waals surface area contributed by atoms with Gasteiger partial charge in [-0.1, -0.05) is 0 Å². The first-order chi connectivity index (χ1) is 10.4. The minimum absolute atomic E-state index is 0.0863. The number of amides is 1. The van der Waals surface area contributed by atoms with Crippen LogP contribution < -0.4 is 5.32 Å². The second-order valence-corrected chi connectivity index (χ2v) is 7.12. The van der Waals surface area contributed by atoms with E-state index in [1.807, 2.05) is 20.8 Å². The standard InChI is InChI=1S/C15H25F2N3O3/c1-14(2,3)22-9-11(18-13(21)23-15(4,5)6)10-7-8-20(19-10)12(16)17/h7-8,11-12H,9H2,1-6H3,(H,18,21)/t11-/m0/s1. The first kappa shape index (κ1) is 19.3. The van der Waals surface area contributed by atoms with Gasteiger partial charge in [0.15, 0.2) is 0 Å². The largest absolute Gasteiger partial charge is 0.444 e. The molecule has 0 fully saturated rings. The Labute approximate surface area is 135 Å². The number of nitrogens with one attached hydrogen (secondary N) is 1. The van der Waals surface area contributed by atoms with Crippen molar-refractivity contribution in [2.45, 2.75) is 65.3 Å². The quantitative estimate of drug-likeness (QED) is 0.893. The maximum atomic E-state index is 12.7. The lowest BCUT2D eigenvalue weighted by atomic mass is 10.1. The number of alkyl carbamates (subject to hydrolysis) is 1. The summed E-state index contributed by atoms with van der Waals surface area (Å²) in [5.74, 6) is 0. The molecule has 1 atom stereocenters. The van der Waals surface area contributed by atoms with E-state index in [1.165, 1.54) is 6.07 Å². The highest BCUT2D eigenvalue weighted by Crippen LogP contribution is 2.19. The van der Waals surface area contributed by atoms with Crippen LogP contribution in [0.2, 0.25) is 0 Å². The van der Waals surface area contributed by atoms with Crippen molar-refractivity contribution >= 4 is 6.09 Å². The van der Waals surface area contributed by atoms with Gasteiger partial charge in [-0.25, -0.2) is 9.48 Å². The molecular weight excluding hydrogens is 308 g/mol. The van der Waals surface area contributed by atoms with E-state index in [0.717, 1.165) is 6.20 Å².